The maximum absolute atomic E-state index is 11.8. The summed E-state index contributed by atoms with van der Waals surface area (Å²) < 4.78 is 25.7. The molecule has 0 atom stereocenters. The van der Waals surface area contributed by atoms with Crippen LogP contribution in [0.15, 0.2) is 35.2 Å². The number of nitrogens with zero attached hydrogens (tertiary/aromatic N) is 2. The van der Waals surface area contributed by atoms with E-state index in [0.29, 0.717) is 0 Å². The Bertz CT molecular complexity index is 577. The summed E-state index contributed by atoms with van der Waals surface area (Å²) >= 11 is 0. The van der Waals surface area contributed by atoms with Crippen molar-refractivity contribution in [1.29, 1.82) is 0 Å². The first-order valence-electron chi connectivity index (χ1n) is 4.34. The zero-order chi connectivity index (χ0) is 11.6. The van der Waals surface area contributed by atoms with E-state index in [9.17, 15) is 8.42 Å². The van der Waals surface area contributed by atoms with Crippen LogP contribution in [0, 0.1) is 0 Å². The first-order valence-corrected chi connectivity index (χ1v) is 5.82. The van der Waals surface area contributed by atoms with Crippen molar-refractivity contribution in [3.63, 3.8) is 0 Å². The van der Waals surface area contributed by atoms with E-state index in [1.54, 1.807) is 18.2 Å². The Hall–Kier alpha value is -2.09. The molecule has 8 heteroatoms. The molecule has 16 heavy (non-hydrogen) atoms. The van der Waals surface area contributed by atoms with Crippen molar-refractivity contribution in [2.75, 3.05) is 10.5 Å². The third kappa shape index (κ3) is 2.11. The molecule has 0 saturated heterocycles. The van der Waals surface area contributed by atoms with Crippen LogP contribution in [-0.4, -0.2) is 23.6 Å². The third-order valence-electron chi connectivity index (χ3n) is 1.78. The molecule has 0 aliphatic carbocycles. The molecule has 7 nitrogen and oxygen atoms in total. The van der Waals surface area contributed by atoms with Gasteiger partial charge in [-0.05, 0) is 12.1 Å². The maximum atomic E-state index is 11.8. The van der Waals surface area contributed by atoms with Crippen molar-refractivity contribution in [2.45, 2.75) is 4.90 Å². The summed E-state index contributed by atoms with van der Waals surface area (Å²) in [6, 6.07) is 7.92. The lowest BCUT2D eigenvalue weighted by molar-refractivity contribution is 0.601. The summed E-state index contributed by atoms with van der Waals surface area (Å²) in [5.41, 5.74) is 5.27. The van der Waals surface area contributed by atoms with E-state index in [1.165, 1.54) is 12.1 Å². The van der Waals surface area contributed by atoms with E-state index in [0.717, 1.165) is 0 Å². The molecule has 1 heterocycles. The Labute approximate surface area is 91.8 Å². The van der Waals surface area contributed by atoms with Gasteiger partial charge in [0.25, 0.3) is 16.0 Å². The molecule has 4 N–H and O–H groups in total. The Morgan fingerprint density at radius 1 is 1.25 bits per heavy atom. The van der Waals surface area contributed by atoms with E-state index in [4.69, 9.17) is 5.73 Å². The van der Waals surface area contributed by atoms with Crippen molar-refractivity contribution in [1.82, 2.24) is 15.2 Å². The van der Waals surface area contributed by atoms with Crippen molar-refractivity contribution < 1.29 is 8.42 Å². The lowest BCUT2D eigenvalue weighted by Gasteiger charge is -2.03. The molecule has 0 saturated carbocycles. The Balaban J connectivity index is 2.28. The summed E-state index contributed by atoms with van der Waals surface area (Å²) in [5.74, 6) is -0.0351. The van der Waals surface area contributed by atoms with Gasteiger partial charge in [0.1, 0.15) is 0 Å². The van der Waals surface area contributed by atoms with Gasteiger partial charge in [-0.25, -0.2) is 18.2 Å². The van der Waals surface area contributed by atoms with Gasteiger partial charge in [0, 0.05) is 0 Å². The van der Waals surface area contributed by atoms with Gasteiger partial charge in [0.2, 0.25) is 5.95 Å². The van der Waals surface area contributed by atoms with Gasteiger partial charge in [-0.1, -0.05) is 18.2 Å². The number of benzene rings is 1. The fourth-order valence-corrected chi connectivity index (χ4v) is 2.06. The van der Waals surface area contributed by atoms with E-state index >= 15 is 0 Å². The molecule has 1 aromatic carbocycles. The van der Waals surface area contributed by atoms with E-state index < -0.39 is 10.0 Å². The van der Waals surface area contributed by atoms with Crippen LogP contribution >= 0.6 is 0 Å². The van der Waals surface area contributed by atoms with E-state index in [2.05, 4.69) is 19.9 Å². The molecule has 0 radical (unpaired) electrons. The molecule has 2 rings (SSSR count). The fraction of sp³-hybridized carbons (Fsp3) is 0. The van der Waals surface area contributed by atoms with Gasteiger partial charge >= 0.3 is 0 Å². The summed E-state index contributed by atoms with van der Waals surface area (Å²) in [4.78, 5) is 3.78. The number of hydrogen-bond acceptors (Lipinski definition) is 5. The lowest BCUT2D eigenvalue weighted by atomic mass is 10.4. The molecular weight excluding hydrogens is 230 g/mol. The molecule has 1 aromatic heterocycles. The maximum Gasteiger partial charge on any atom is 0.264 e. The quantitative estimate of drug-likeness (QED) is 0.707. The highest BCUT2D eigenvalue weighted by atomic mass is 32.2. The molecule has 2 aromatic rings. The van der Waals surface area contributed by atoms with Crippen molar-refractivity contribution >= 4 is 21.9 Å². The van der Waals surface area contributed by atoms with Crippen molar-refractivity contribution in [3.05, 3.63) is 30.3 Å². The average molecular weight is 239 g/mol. The van der Waals surface area contributed by atoms with E-state index in [1.807, 2.05) is 0 Å². The van der Waals surface area contributed by atoms with Crippen LogP contribution in [0.2, 0.25) is 0 Å². The van der Waals surface area contributed by atoms with Gasteiger partial charge in [0.15, 0.2) is 0 Å². The minimum absolute atomic E-state index is 0.0470. The first-order chi connectivity index (χ1) is 7.58. The zero-order valence-electron chi connectivity index (χ0n) is 8.08. The van der Waals surface area contributed by atoms with Gasteiger partial charge in [-0.3, -0.25) is 0 Å². The summed E-state index contributed by atoms with van der Waals surface area (Å²) in [7, 11) is -3.65. The molecule has 84 valence electrons. The topological polar surface area (TPSA) is 114 Å². The number of hydrogen-bond donors (Lipinski definition) is 3. The summed E-state index contributed by atoms with van der Waals surface area (Å²) in [5, 5.41) is 5.91. The van der Waals surface area contributed by atoms with Crippen LogP contribution in [0.1, 0.15) is 0 Å². The van der Waals surface area contributed by atoms with Crippen molar-refractivity contribution in [3.8, 4) is 0 Å². The normalized spacial score (nSPS) is 11.2. The molecule has 0 unspecified atom stereocenters. The second-order valence-electron chi connectivity index (χ2n) is 2.96. The van der Waals surface area contributed by atoms with Crippen LogP contribution in [0.5, 0.6) is 0 Å². The van der Waals surface area contributed by atoms with Gasteiger partial charge in [-0.15, -0.1) is 5.10 Å². The van der Waals surface area contributed by atoms with Crippen LogP contribution in [-0.2, 0) is 10.0 Å². The number of nitrogens with one attached hydrogen (secondary N) is 2. The standard InChI is InChI=1S/C8H9N5O2S/c9-7-10-8(12-11-7)13-16(14,15)6-4-2-1-3-5-6/h1-5H,(H4,9,10,11,12,13). The Morgan fingerprint density at radius 3 is 2.50 bits per heavy atom. The number of nitrogens with two attached hydrogens (primary N) is 1. The molecule has 0 bridgehead atoms. The molecule has 0 amide bonds. The van der Waals surface area contributed by atoms with Crippen LogP contribution in [0.4, 0.5) is 11.9 Å². The second-order valence-corrected chi connectivity index (χ2v) is 4.65. The predicted octanol–water partition coefficient (Wildman–Crippen LogP) is 0.188. The SMILES string of the molecule is Nc1nc(NS(=O)(=O)c2ccccc2)n[nH]1. The minimum atomic E-state index is -3.65. The molecule has 0 aliphatic rings. The van der Waals surface area contributed by atoms with Gasteiger partial charge in [0.05, 0.1) is 4.90 Å². The highest BCUT2D eigenvalue weighted by Crippen LogP contribution is 2.12. The van der Waals surface area contributed by atoms with Gasteiger partial charge < -0.3 is 5.73 Å². The second kappa shape index (κ2) is 3.81. The molecular formula is C8H9N5O2S. The Morgan fingerprint density at radius 2 is 1.94 bits per heavy atom. The number of rotatable bonds is 3. The first kappa shape index (κ1) is 10.4. The summed E-state index contributed by atoms with van der Waals surface area (Å²) in [6.45, 7) is 0. The average Bonchev–Trinajstić information content (AvgIpc) is 2.64. The third-order valence-corrected chi connectivity index (χ3v) is 3.13. The zero-order valence-corrected chi connectivity index (χ0v) is 8.90. The highest BCUT2D eigenvalue weighted by molar-refractivity contribution is 7.92. The number of nitrogen functional groups attached to an aromatic ring is 1. The lowest BCUT2D eigenvalue weighted by Crippen LogP contribution is -2.13. The molecule has 0 aliphatic heterocycles. The number of aromatic amines is 1. The monoisotopic (exact) mass is 239 g/mol. The smallest absolute Gasteiger partial charge is 0.264 e. The number of aromatic nitrogens is 3. The predicted molar refractivity (Wildman–Crippen MR) is 58.0 cm³/mol. The van der Waals surface area contributed by atoms with Crippen LogP contribution in [0.25, 0.3) is 0 Å². The number of anilines is 2. The molecule has 0 spiro atoms. The van der Waals surface area contributed by atoms with E-state index in [-0.39, 0.29) is 16.8 Å². The molecule has 0 fully saturated rings. The Kier molecular flexibility index (Phi) is 2.49. The minimum Gasteiger partial charge on any atom is -0.368 e. The fourth-order valence-electron chi connectivity index (χ4n) is 1.10. The van der Waals surface area contributed by atoms with Crippen molar-refractivity contribution in [2.24, 2.45) is 0 Å². The van der Waals surface area contributed by atoms with Crippen LogP contribution < -0.4 is 10.5 Å². The van der Waals surface area contributed by atoms with Gasteiger partial charge in [-0.2, -0.15) is 4.98 Å². The largest absolute Gasteiger partial charge is 0.368 e. The number of H-pyrrole nitrogens is 1. The number of sulfonamides is 1. The van der Waals surface area contributed by atoms with Crippen LogP contribution in [0.3, 0.4) is 0 Å². The highest BCUT2D eigenvalue weighted by Gasteiger charge is 2.15. The summed E-state index contributed by atoms with van der Waals surface area (Å²) in [6.07, 6.45) is 0.